The van der Waals surface area contributed by atoms with E-state index in [1.165, 1.54) is 21.9 Å². The third kappa shape index (κ3) is 3.29. The molecule has 0 bridgehead atoms. The molecule has 1 aliphatic carbocycles. The molecule has 1 N–H and O–H groups in total. The Labute approximate surface area is 176 Å². The first-order valence-corrected chi connectivity index (χ1v) is 10.2. The Hall–Kier alpha value is -3.72. The number of hydrogen-bond donors (Lipinski definition) is 1. The molecule has 0 spiro atoms. The molecule has 0 saturated heterocycles. The van der Waals surface area contributed by atoms with E-state index in [-0.39, 0.29) is 5.91 Å². The van der Waals surface area contributed by atoms with Gasteiger partial charge in [-0.2, -0.15) is 5.10 Å². The molecule has 0 aliphatic heterocycles. The van der Waals surface area contributed by atoms with Crippen LogP contribution in [-0.2, 0) is 12.8 Å². The van der Waals surface area contributed by atoms with Crippen molar-refractivity contribution < 1.29 is 4.79 Å². The van der Waals surface area contributed by atoms with Crippen LogP contribution in [0.2, 0.25) is 0 Å². The lowest BCUT2D eigenvalue weighted by molar-refractivity contribution is 0.0955. The van der Waals surface area contributed by atoms with E-state index in [0.717, 1.165) is 35.2 Å². The van der Waals surface area contributed by atoms with Gasteiger partial charge in [0.15, 0.2) is 0 Å². The van der Waals surface area contributed by atoms with Crippen molar-refractivity contribution in [1.82, 2.24) is 5.43 Å². The molecule has 0 saturated carbocycles. The fourth-order valence-electron chi connectivity index (χ4n) is 4.27. The normalized spacial score (nSPS) is 12.9. The van der Waals surface area contributed by atoms with Gasteiger partial charge in [0.05, 0.1) is 5.71 Å². The number of carbonyl (C=O) groups excluding carboxylic acids is 1. The topological polar surface area (TPSA) is 41.5 Å². The molecule has 0 radical (unpaired) electrons. The fraction of sp³-hybridized carbons (Fsp3) is 0.111. The van der Waals surface area contributed by atoms with Crippen molar-refractivity contribution >= 4 is 22.4 Å². The lowest BCUT2D eigenvalue weighted by Crippen LogP contribution is -2.19. The highest BCUT2D eigenvalue weighted by molar-refractivity contribution is 6.12. The van der Waals surface area contributed by atoms with Gasteiger partial charge in [-0.05, 0) is 64.9 Å². The number of rotatable bonds is 4. The zero-order valence-electron chi connectivity index (χ0n) is 16.9. The number of carbonyl (C=O) groups is 1. The molecule has 30 heavy (non-hydrogen) atoms. The summed E-state index contributed by atoms with van der Waals surface area (Å²) in [4.78, 5) is 12.6. The zero-order chi connectivity index (χ0) is 20.5. The van der Waals surface area contributed by atoms with Crippen LogP contribution >= 0.6 is 0 Å². The predicted molar refractivity (Wildman–Crippen MR) is 123 cm³/mol. The molecular formula is C27H22N2O. The van der Waals surface area contributed by atoms with Crippen LogP contribution in [0.3, 0.4) is 0 Å². The van der Waals surface area contributed by atoms with Crippen LogP contribution in [0.1, 0.15) is 34.0 Å². The Bertz CT molecular complexity index is 1260. The molecular weight excluding hydrogens is 368 g/mol. The van der Waals surface area contributed by atoms with Crippen molar-refractivity contribution in [2.45, 2.75) is 19.8 Å². The van der Waals surface area contributed by atoms with Gasteiger partial charge in [0.2, 0.25) is 0 Å². The first kappa shape index (κ1) is 18.3. The van der Waals surface area contributed by atoms with E-state index in [4.69, 9.17) is 0 Å². The molecule has 5 rings (SSSR count). The number of amides is 1. The van der Waals surface area contributed by atoms with E-state index in [1.807, 2.05) is 49.4 Å². The van der Waals surface area contributed by atoms with Gasteiger partial charge in [-0.25, -0.2) is 5.43 Å². The number of hydrazone groups is 1. The van der Waals surface area contributed by atoms with Crippen LogP contribution in [0.15, 0.2) is 90.0 Å². The summed E-state index contributed by atoms with van der Waals surface area (Å²) in [6.45, 7) is 1.94. The summed E-state index contributed by atoms with van der Waals surface area (Å²) in [7, 11) is 0. The summed E-state index contributed by atoms with van der Waals surface area (Å²) in [6, 6.07) is 28.5. The number of hydrogen-bond acceptors (Lipinski definition) is 2. The molecule has 1 aliphatic rings. The van der Waals surface area contributed by atoms with Crippen LogP contribution in [-0.4, -0.2) is 11.6 Å². The van der Waals surface area contributed by atoms with E-state index in [2.05, 4.69) is 53.0 Å². The van der Waals surface area contributed by atoms with Crippen molar-refractivity contribution in [3.8, 4) is 11.1 Å². The SMILES string of the molecule is C/C(=N\NC(=O)c1ccc(-c2ccccc2)cc1)c1ccc2c3c(cccc13)CC2. The van der Waals surface area contributed by atoms with Crippen molar-refractivity contribution in [3.63, 3.8) is 0 Å². The van der Waals surface area contributed by atoms with Gasteiger partial charge in [0.1, 0.15) is 0 Å². The van der Waals surface area contributed by atoms with Crippen LogP contribution in [0.4, 0.5) is 0 Å². The zero-order valence-corrected chi connectivity index (χ0v) is 16.9. The summed E-state index contributed by atoms with van der Waals surface area (Å²) < 4.78 is 0. The van der Waals surface area contributed by atoms with Gasteiger partial charge >= 0.3 is 0 Å². The third-order valence-corrected chi connectivity index (χ3v) is 5.85. The number of nitrogens with one attached hydrogen (secondary N) is 1. The second-order valence-electron chi connectivity index (χ2n) is 7.69. The van der Waals surface area contributed by atoms with Gasteiger partial charge in [0, 0.05) is 11.1 Å². The van der Waals surface area contributed by atoms with Gasteiger partial charge < -0.3 is 0 Å². The Kier molecular flexibility index (Phi) is 4.64. The van der Waals surface area contributed by atoms with Gasteiger partial charge in [-0.1, -0.05) is 72.8 Å². The largest absolute Gasteiger partial charge is 0.271 e. The van der Waals surface area contributed by atoms with Crippen LogP contribution in [0.5, 0.6) is 0 Å². The summed E-state index contributed by atoms with van der Waals surface area (Å²) in [5.74, 6) is -0.208. The lowest BCUT2D eigenvalue weighted by Gasteiger charge is -2.09. The van der Waals surface area contributed by atoms with Crippen molar-refractivity contribution in [2.75, 3.05) is 0 Å². The maximum Gasteiger partial charge on any atom is 0.271 e. The number of benzene rings is 4. The van der Waals surface area contributed by atoms with Gasteiger partial charge in [-0.3, -0.25) is 4.79 Å². The minimum atomic E-state index is -0.208. The van der Waals surface area contributed by atoms with Gasteiger partial charge in [0.25, 0.3) is 5.91 Å². The third-order valence-electron chi connectivity index (χ3n) is 5.85. The number of aryl methyl sites for hydroxylation is 2. The average molecular weight is 390 g/mol. The lowest BCUT2D eigenvalue weighted by atomic mass is 9.98. The summed E-state index contributed by atoms with van der Waals surface area (Å²) in [6.07, 6.45) is 2.20. The molecule has 0 fully saturated rings. The molecule has 4 aromatic carbocycles. The molecule has 3 heteroatoms. The van der Waals surface area contributed by atoms with Gasteiger partial charge in [-0.15, -0.1) is 0 Å². The summed E-state index contributed by atoms with van der Waals surface area (Å²) >= 11 is 0. The first-order chi connectivity index (χ1) is 14.7. The van der Waals surface area contributed by atoms with Crippen molar-refractivity contribution in [3.05, 3.63) is 107 Å². The van der Waals surface area contributed by atoms with Crippen LogP contribution in [0, 0.1) is 0 Å². The van der Waals surface area contributed by atoms with E-state index in [1.54, 1.807) is 0 Å². The Morgan fingerprint density at radius 1 is 0.767 bits per heavy atom. The molecule has 0 atom stereocenters. The molecule has 1 amide bonds. The highest BCUT2D eigenvalue weighted by Crippen LogP contribution is 2.33. The second-order valence-corrected chi connectivity index (χ2v) is 7.69. The molecule has 0 unspecified atom stereocenters. The molecule has 3 nitrogen and oxygen atoms in total. The Balaban J connectivity index is 1.37. The standard InChI is InChI=1S/C27H22N2O/c1-18(24-17-16-22-13-12-21-8-5-9-25(24)26(21)22)28-29-27(30)23-14-10-20(11-15-23)19-6-3-2-4-7-19/h2-11,14-17H,12-13H2,1H3,(H,29,30)/b28-18+. The first-order valence-electron chi connectivity index (χ1n) is 10.2. The minimum Gasteiger partial charge on any atom is -0.267 e. The quantitative estimate of drug-likeness (QED) is 0.349. The van der Waals surface area contributed by atoms with Crippen molar-refractivity contribution in [1.29, 1.82) is 0 Å². The van der Waals surface area contributed by atoms with E-state index in [9.17, 15) is 4.79 Å². The Morgan fingerprint density at radius 3 is 2.23 bits per heavy atom. The smallest absolute Gasteiger partial charge is 0.267 e. The van der Waals surface area contributed by atoms with E-state index < -0.39 is 0 Å². The molecule has 0 aromatic heterocycles. The number of nitrogens with zero attached hydrogens (tertiary/aromatic N) is 1. The minimum absolute atomic E-state index is 0.208. The summed E-state index contributed by atoms with van der Waals surface area (Å²) in [5, 5.41) is 6.97. The highest BCUT2D eigenvalue weighted by Gasteiger charge is 2.16. The van der Waals surface area contributed by atoms with Crippen molar-refractivity contribution in [2.24, 2.45) is 5.10 Å². The molecule has 146 valence electrons. The fourth-order valence-corrected chi connectivity index (χ4v) is 4.27. The second kappa shape index (κ2) is 7.60. The maximum atomic E-state index is 12.6. The van der Waals surface area contributed by atoms with E-state index >= 15 is 0 Å². The highest BCUT2D eigenvalue weighted by atomic mass is 16.2. The maximum absolute atomic E-state index is 12.6. The van der Waals surface area contributed by atoms with Crippen LogP contribution < -0.4 is 5.43 Å². The Morgan fingerprint density at radius 2 is 1.47 bits per heavy atom. The predicted octanol–water partition coefficient (Wildman–Crippen LogP) is 5.76. The summed E-state index contributed by atoms with van der Waals surface area (Å²) in [5.41, 5.74) is 10.2. The monoisotopic (exact) mass is 390 g/mol. The van der Waals surface area contributed by atoms with Crippen LogP contribution in [0.25, 0.3) is 21.9 Å². The molecule has 0 heterocycles. The van der Waals surface area contributed by atoms with E-state index in [0.29, 0.717) is 5.56 Å². The average Bonchev–Trinajstić information content (AvgIpc) is 3.23. The molecule has 4 aromatic rings.